The maximum Gasteiger partial charge on any atom is 0.325 e. The molecule has 0 saturated carbocycles. The Hall–Kier alpha value is -1.37. The summed E-state index contributed by atoms with van der Waals surface area (Å²) in [5.41, 5.74) is 0.989. The van der Waals surface area contributed by atoms with Gasteiger partial charge in [-0.3, -0.25) is 10.1 Å². The van der Waals surface area contributed by atoms with Gasteiger partial charge in [-0.05, 0) is 35.8 Å². The van der Waals surface area contributed by atoms with Gasteiger partial charge in [0.2, 0.25) is 8.32 Å². The van der Waals surface area contributed by atoms with Crippen LogP contribution in [-0.4, -0.2) is 39.2 Å². The summed E-state index contributed by atoms with van der Waals surface area (Å²) in [7, 11) is -0.573. The summed E-state index contributed by atoms with van der Waals surface area (Å²) in [6, 6.07) is 7.10. The lowest BCUT2D eigenvalue weighted by Crippen LogP contribution is -2.43. The van der Waals surface area contributed by atoms with Gasteiger partial charge in [0.25, 0.3) is 0 Å². The number of carbonyl (C=O) groups is 1. The number of hydrogen-bond acceptors (Lipinski definition) is 5. The molecule has 0 amide bonds. The molecule has 0 spiro atoms. The molecule has 0 aromatic heterocycles. The van der Waals surface area contributed by atoms with E-state index in [0.29, 0.717) is 6.54 Å². The van der Waals surface area contributed by atoms with Crippen LogP contribution in [0.1, 0.15) is 26.3 Å². The fourth-order valence-corrected chi connectivity index (χ4v) is 2.79. The lowest BCUT2D eigenvalue weighted by molar-refractivity contribution is -0.144. The summed E-state index contributed by atoms with van der Waals surface area (Å²) in [6.07, 6.45) is 0. The first kappa shape index (κ1) is 19.7. The molecule has 1 atom stereocenters. The average Bonchev–Trinajstić information content (AvgIpc) is 2.46. The van der Waals surface area contributed by atoms with Crippen molar-refractivity contribution in [1.29, 1.82) is 0 Å². The van der Waals surface area contributed by atoms with E-state index in [1.54, 1.807) is 0 Å². The molecular weight excluding hydrogens is 310 g/mol. The molecule has 0 aliphatic rings. The van der Waals surface area contributed by atoms with Crippen LogP contribution >= 0.6 is 0 Å². The van der Waals surface area contributed by atoms with Gasteiger partial charge in [0.1, 0.15) is 11.8 Å². The minimum absolute atomic E-state index is 0.133. The van der Waals surface area contributed by atoms with Crippen molar-refractivity contribution < 1.29 is 19.1 Å². The second-order valence-electron chi connectivity index (χ2n) is 7.15. The molecule has 0 aliphatic carbocycles. The number of rotatable bonds is 7. The Labute approximate surface area is 140 Å². The number of esters is 1. The number of carbonyl (C=O) groups excluding carboxylic acids is 1. The minimum atomic E-state index is -1.88. The monoisotopic (exact) mass is 339 g/mol. The summed E-state index contributed by atoms with van der Waals surface area (Å²) < 4.78 is 10.9. The maximum atomic E-state index is 11.5. The number of ether oxygens (including phenoxy) is 1. The van der Waals surface area contributed by atoms with E-state index in [9.17, 15) is 9.90 Å². The number of methoxy groups -OCH3 is 1. The third kappa shape index (κ3) is 5.64. The van der Waals surface area contributed by atoms with Crippen molar-refractivity contribution in [1.82, 2.24) is 5.32 Å². The van der Waals surface area contributed by atoms with Crippen molar-refractivity contribution >= 4 is 14.3 Å². The third-order valence-corrected chi connectivity index (χ3v) is 8.66. The zero-order valence-electron chi connectivity index (χ0n) is 15.0. The van der Waals surface area contributed by atoms with Gasteiger partial charge in [0.15, 0.2) is 0 Å². The predicted molar refractivity (Wildman–Crippen MR) is 94.0 cm³/mol. The average molecular weight is 340 g/mol. The summed E-state index contributed by atoms with van der Waals surface area (Å²) in [5, 5.41) is 12.3. The van der Waals surface area contributed by atoms with Gasteiger partial charge < -0.3 is 14.3 Å². The van der Waals surface area contributed by atoms with Crippen molar-refractivity contribution in [2.45, 2.75) is 51.5 Å². The second-order valence-corrected chi connectivity index (χ2v) is 11.9. The number of benzene rings is 1. The van der Waals surface area contributed by atoms with Crippen LogP contribution in [0.2, 0.25) is 18.1 Å². The van der Waals surface area contributed by atoms with Crippen LogP contribution in [0.3, 0.4) is 0 Å². The highest BCUT2D eigenvalue weighted by atomic mass is 28.4. The summed E-state index contributed by atoms with van der Waals surface area (Å²) >= 11 is 0. The molecule has 2 N–H and O–H groups in total. The molecule has 0 fully saturated rings. The first-order chi connectivity index (χ1) is 10.6. The lowest BCUT2D eigenvalue weighted by Gasteiger charge is -2.36. The molecule has 0 aliphatic heterocycles. The highest BCUT2D eigenvalue weighted by Gasteiger charge is 2.38. The van der Waals surface area contributed by atoms with Gasteiger partial charge in [0.05, 0.1) is 13.7 Å². The van der Waals surface area contributed by atoms with Gasteiger partial charge in [-0.2, -0.15) is 0 Å². The van der Waals surface area contributed by atoms with Crippen molar-refractivity contribution in [3.05, 3.63) is 29.8 Å². The van der Waals surface area contributed by atoms with E-state index in [1.807, 2.05) is 24.3 Å². The molecule has 6 heteroatoms. The minimum Gasteiger partial charge on any atom is -0.543 e. The van der Waals surface area contributed by atoms with E-state index >= 15 is 0 Å². The van der Waals surface area contributed by atoms with E-state index in [2.05, 4.69) is 43.9 Å². The molecule has 0 radical (unpaired) electrons. The van der Waals surface area contributed by atoms with Gasteiger partial charge in [-0.1, -0.05) is 32.9 Å². The van der Waals surface area contributed by atoms with Crippen LogP contribution in [0.15, 0.2) is 24.3 Å². The topological polar surface area (TPSA) is 67.8 Å². The van der Waals surface area contributed by atoms with Gasteiger partial charge in [-0.25, -0.2) is 0 Å². The summed E-state index contributed by atoms with van der Waals surface area (Å²) in [4.78, 5) is 11.5. The number of hydrogen-bond donors (Lipinski definition) is 2. The van der Waals surface area contributed by atoms with E-state index in [4.69, 9.17) is 4.43 Å². The number of nitrogens with one attached hydrogen (secondary N) is 1. The standard InChI is InChI=1S/C17H29NO4Si/c1-17(2,3)23(5,6)22-14-9-7-8-13(10-14)11-18-15(12-19)16(20)21-4/h7-10,15,18-19H,11-12H2,1-6H3. The predicted octanol–water partition coefficient (Wildman–Crippen LogP) is 2.69. The van der Waals surface area contributed by atoms with E-state index in [-0.39, 0.29) is 11.6 Å². The van der Waals surface area contributed by atoms with Gasteiger partial charge in [-0.15, -0.1) is 0 Å². The SMILES string of the molecule is COC(=O)C(CO)NCc1cccc(O[Si](C)(C)C(C)(C)C)c1. The Morgan fingerprint density at radius 3 is 2.52 bits per heavy atom. The number of aliphatic hydroxyl groups excluding tert-OH is 1. The first-order valence-corrected chi connectivity index (χ1v) is 10.7. The molecule has 1 unspecified atom stereocenters. The third-order valence-electron chi connectivity index (χ3n) is 4.30. The summed E-state index contributed by atoms with van der Waals surface area (Å²) in [5.74, 6) is 0.371. The zero-order valence-corrected chi connectivity index (χ0v) is 16.0. The Balaban J connectivity index is 2.76. The van der Waals surface area contributed by atoms with Gasteiger partial charge in [0, 0.05) is 6.54 Å². The molecule has 1 aromatic carbocycles. The van der Waals surface area contributed by atoms with E-state index < -0.39 is 20.3 Å². The van der Waals surface area contributed by atoms with Crippen LogP contribution < -0.4 is 9.74 Å². The Bertz CT molecular complexity index is 526. The van der Waals surface area contributed by atoms with Crippen LogP contribution in [0, 0.1) is 0 Å². The molecule has 1 rings (SSSR count). The Morgan fingerprint density at radius 2 is 2.00 bits per heavy atom. The Morgan fingerprint density at radius 1 is 1.35 bits per heavy atom. The first-order valence-electron chi connectivity index (χ1n) is 7.81. The summed E-state index contributed by atoms with van der Waals surface area (Å²) in [6.45, 7) is 11.2. The highest BCUT2D eigenvalue weighted by molar-refractivity contribution is 6.74. The second kappa shape index (κ2) is 7.94. The molecule has 0 bridgehead atoms. The molecule has 0 heterocycles. The van der Waals surface area contributed by atoms with E-state index in [0.717, 1.165) is 11.3 Å². The zero-order chi connectivity index (χ0) is 17.7. The molecule has 5 nitrogen and oxygen atoms in total. The molecule has 0 saturated heterocycles. The van der Waals surface area contributed by atoms with Crippen molar-refractivity contribution in [2.75, 3.05) is 13.7 Å². The van der Waals surface area contributed by atoms with Crippen LogP contribution in [0.25, 0.3) is 0 Å². The largest absolute Gasteiger partial charge is 0.543 e. The molecule has 130 valence electrons. The van der Waals surface area contributed by atoms with Crippen molar-refractivity contribution in [3.8, 4) is 5.75 Å². The lowest BCUT2D eigenvalue weighted by atomic mass is 10.2. The Kier molecular flexibility index (Phi) is 6.79. The number of aliphatic hydroxyl groups is 1. The molecule has 1 aromatic rings. The van der Waals surface area contributed by atoms with Crippen LogP contribution in [0.5, 0.6) is 5.75 Å². The fourth-order valence-electron chi connectivity index (χ4n) is 1.77. The smallest absolute Gasteiger partial charge is 0.325 e. The quantitative estimate of drug-likeness (QED) is 0.590. The fraction of sp³-hybridized carbons (Fsp3) is 0.588. The van der Waals surface area contributed by atoms with Crippen molar-refractivity contribution in [2.24, 2.45) is 0 Å². The maximum absolute atomic E-state index is 11.5. The van der Waals surface area contributed by atoms with E-state index in [1.165, 1.54) is 7.11 Å². The molecule has 23 heavy (non-hydrogen) atoms. The highest BCUT2D eigenvalue weighted by Crippen LogP contribution is 2.37. The molecular formula is C17H29NO4Si. The van der Waals surface area contributed by atoms with Crippen molar-refractivity contribution in [3.63, 3.8) is 0 Å². The van der Waals surface area contributed by atoms with Gasteiger partial charge >= 0.3 is 5.97 Å². The normalized spacial score (nSPS) is 13.5. The van der Waals surface area contributed by atoms with Crippen LogP contribution in [0.4, 0.5) is 0 Å². The van der Waals surface area contributed by atoms with Crippen LogP contribution in [-0.2, 0) is 16.1 Å².